The molecular weight excluding hydrogens is 541 g/mol. The maximum atomic E-state index is 13.4. The van der Waals surface area contributed by atoms with Crippen LogP contribution in [0.2, 0.25) is 0 Å². The smallest absolute Gasteiger partial charge is 0.332 e. The molecule has 0 radical (unpaired) electrons. The highest BCUT2D eigenvalue weighted by molar-refractivity contribution is 6.07. The Labute approximate surface area is 241 Å². The maximum absolute atomic E-state index is 13.4. The van der Waals surface area contributed by atoms with E-state index in [1.165, 1.54) is 21.7 Å². The van der Waals surface area contributed by atoms with E-state index in [0.717, 1.165) is 31.7 Å². The number of anilines is 1. The quantitative estimate of drug-likeness (QED) is 0.344. The monoisotopic (exact) mass is 573 g/mol. The number of rotatable bonds is 10. The fraction of sp³-hybridized carbons (Fsp3) is 0.433. The second-order valence-corrected chi connectivity index (χ2v) is 10.9. The van der Waals surface area contributed by atoms with E-state index in [4.69, 9.17) is 4.99 Å². The van der Waals surface area contributed by atoms with Gasteiger partial charge in [0.1, 0.15) is 11.6 Å². The zero-order valence-corrected chi connectivity index (χ0v) is 23.5. The van der Waals surface area contributed by atoms with E-state index in [1.807, 2.05) is 6.92 Å². The number of halogens is 1. The van der Waals surface area contributed by atoms with E-state index >= 15 is 0 Å². The summed E-state index contributed by atoms with van der Waals surface area (Å²) in [7, 11) is 0. The molecule has 3 aromatic rings. The van der Waals surface area contributed by atoms with Crippen LogP contribution in [0.3, 0.4) is 0 Å². The molecule has 12 heteroatoms. The normalized spacial score (nSPS) is 16.1. The molecule has 3 aliphatic rings. The van der Waals surface area contributed by atoms with Crippen LogP contribution in [-0.4, -0.2) is 61.2 Å². The lowest BCUT2D eigenvalue weighted by molar-refractivity contribution is -0.127. The molecular formula is C30H32FN7O4. The minimum Gasteiger partial charge on any atom is -0.343 e. The average Bonchev–Trinajstić information content (AvgIpc) is 3.58. The third-order valence-electron chi connectivity index (χ3n) is 7.94. The molecule has 0 atom stereocenters. The van der Waals surface area contributed by atoms with Gasteiger partial charge in [0, 0.05) is 63.0 Å². The van der Waals surface area contributed by atoms with E-state index in [1.54, 1.807) is 27.8 Å². The Morgan fingerprint density at radius 2 is 1.90 bits per heavy atom. The Kier molecular flexibility index (Phi) is 7.53. The topological polar surface area (TPSA) is 123 Å². The summed E-state index contributed by atoms with van der Waals surface area (Å²) in [6.45, 7) is 3.98. The van der Waals surface area contributed by atoms with Gasteiger partial charge in [0.2, 0.25) is 11.9 Å². The Balaban J connectivity index is 1.26. The Morgan fingerprint density at radius 3 is 2.55 bits per heavy atom. The second kappa shape index (κ2) is 11.4. The summed E-state index contributed by atoms with van der Waals surface area (Å²) >= 11 is 0. The molecule has 42 heavy (non-hydrogen) atoms. The summed E-state index contributed by atoms with van der Waals surface area (Å²) in [6.07, 6.45) is 7.40. The predicted octanol–water partition coefficient (Wildman–Crippen LogP) is 3.02. The van der Waals surface area contributed by atoms with Gasteiger partial charge in [0.05, 0.1) is 16.8 Å². The van der Waals surface area contributed by atoms with Gasteiger partial charge < -0.3 is 4.90 Å². The van der Waals surface area contributed by atoms with Crippen LogP contribution in [0.4, 0.5) is 16.0 Å². The minimum atomic E-state index is -0.681. The number of amides is 2. The first kappa shape index (κ1) is 27.7. The zero-order chi connectivity index (χ0) is 29.4. The number of aromatic nitrogens is 4. The number of likely N-dealkylation sites (tertiary alicyclic amines) is 1. The summed E-state index contributed by atoms with van der Waals surface area (Å²) in [5.41, 5.74) is 1.48. The van der Waals surface area contributed by atoms with Crippen molar-refractivity contribution >= 4 is 29.2 Å². The second-order valence-electron chi connectivity index (χ2n) is 10.9. The standard InChI is InChI=1S/C30H32FN7O4/c1-2-12-37-27-22(29(41)38(30(37)42)21-8-9-21)16-23(34-27)19-7-11-25(33-17-19)36(15-4-14-35-13-3-5-26(35)39)28(40)20-6-10-24(31)32-18-20/h6-7,10-11,17-18,21H,2-5,8-9,12-16H2,1H3. The predicted molar refractivity (Wildman–Crippen MR) is 154 cm³/mol. The van der Waals surface area contributed by atoms with Gasteiger partial charge in [-0.2, -0.15) is 4.39 Å². The van der Waals surface area contributed by atoms with Crippen molar-refractivity contribution in [1.29, 1.82) is 0 Å². The Morgan fingerprint density at radius 1 is 1.07 bits per heavy atom. The van der Waals surface area contributed by atoms with E-state index in [2.05, 4.69) is 9.97 Å². The van der Waals surface area contributed by atoms with E-state index in [-0.39, 0.29) is 34.7 Å². The first-order chi connectivity index (χ1) is 20.4. The van der Waals surface area contributed by atoms with Crippen molar-refractivity contribution in [3.63, 3.8) is 0 Å². The molecule has 2 amide bonds. The Bertz CT molecular complexity index is 1670. The van der Waals surface area contributed by atoms with Gasteiger partial charge >= 0.3 is 5.69 Å². The van der Waals surface area contributed by atoms with Crippen molar-refractivity contribution in [3.8, 4) is 0 Å². The van der Waals surface area contributed by atoms with Crippen LogP contribution in [0.5, 0.6) is 0 Å². The molecule has 0 spiro atoms. The highest BCUT2D eigenvalue weighted by Gasteiger charge is 2.33. The molecule has 1 aliphatic carbocycles. The number of hydrogen-bond donors (Lipinski definition) is 0. The highest BCUT2D eigenvalue weighted by Crippen LogP contribution is 2.34. The molecule has 3 aromatic heterocycles. The molecule has 6 rings (SSSR count). The number of carbonyl (C=O) groups excluding carboxylic acids is 2. The molecule has 1 saturated heterocycles. The largest absolute Gasteiger partial charge is 0.343 e. The molecule has 0 bridgehead atoms. The van der Waals surface area contributed by atoms with Crippen molar-refractivity contribution in [2.75, 3.05) is 24.5 Å². The highest BCUT2D eigenvalue weighted by atomic mass is 19.1. The summed E-state index contributed by atoms with van der Waals surface area (Å²) in [6, 6.07) is 5.98. The molecule has 2 aliphatic heterocycles. The van der Waals surface area contributed by atoms with Gasteiger partial charge in [-0.3, -0.25) is 28.4 Å². The fourth-order valence-electron chi connectivity index (χ4n) is 5.63. The summed E-state index contributed by atoms with van der Waals surface area (Å²) in [4.78, 5) is 68.1. The molecule has 2 fully saturated rings. The lowest BCUT2D eigenvalue weighted by Crippen LogP contribution is -2.40. The number of carbonyl (C=O) groups is 2. The number of pyridine rings is 2. The maximum Gasteiger partial charge on any atom is 0.332 e. The van der Waals surface area contributed by atoms with Crippen molar-refractivity contribution in [3.05, 3.63) is 80.1 Å². The zero-order valence-electron chi connectivity index (χ0n) is 23.5. The van der Waals surface area contributed by atoms with Crippen LogP contribution in [0, 0.1) is 5.95 Å². The first-order valence-corrected chi connectivity index (χ1v) is 14.5. The van der Waals surface area contributed by atoms with E-state index < -0.39 is 5.95 Å². The molecule has 1 saturated carbocycles. The van der Waals surface area contributed by atoms with E-state index in [0.29, 0.717) is 73.9 Å². The van der Waals surface area contributed by atoms with Crippen LogP contribution in [0.15, 0.2) is 51.2 Å². The lowest BCUT2D eigenvalue weighted by atomic mass is 10.1. The van der Waals surface area contributed by atoms with Gasteiger partial charge in [0.15, 0.2) is 0 Å². The van der Waals surface area contributed by atoms with Crippen LogP contribution < -0.4 is 16.1 Å². The Hall–Kier alpha value is -4.48. The number of nitrogens with zero attached hydrogens (tertiary/aromatic N) is 7. The molecule has 0 aromatic carbocycles. The van der Waals surface area contributed by atoms with Crippen LogP contribution >= 0.6 is 0 Å². The van der Waals surface area contributed by atoms with Crippen LogP contribution in [0.1, 0.15) is 73.0 Å². The summed E-state index contributed by atoms with van der Waals surface area (Å²) in [5.74, 6) is -0.148. The molecule has 0 unspecified atom stereocenters. The van der Waals surface area contributed by atoms with Crippen LogP contribution in [-0.2, 0) is 17.8 Å². The molecule has 11 nitrogen and oxygen atoms in total. The third kappa shape index (κ3) is 5.28. The average molecular weight is 574 g/mol. The summed E-state index contributed by atoms with van der Waals surface area (Å²) in [5, 5.41) is 0. The van der Waals surface area contributed by atoms with E-state index in [9.17, 15) is 23.6 Å². The number of hydrogen-bond acceptors (Lipinski definition) is 7. The van der Waals surface area contributed by atoms with Gasteiger partial charge in [-0.15, -0.1) is 0 Å². The van der Waals surface area contributed by atoms with Gasteiger partial charge in [0.25, 0.3) is 11.5 Å². The molecule has 0 N–H and O–H groups in total. The molecule has 5 heterocycles. The third-order valence-corrected chi connectivity index (χ3v) is 7.94. The fourth-order valence-corrected chi connectivity index (χ4v) is 5.63. The number of fused-ring (bicyclic) bond motifs is 1. The summed E-state index contributed by atoms with van der Waals surface area (Å²) < 4.78 is 16.4. The number of aliphatic imine (C=N–C) groups is 1. The molecule has 218 valence electrons. The van der Waals surface area contributed by atoms with Crippen molar-refractivity contribution in [1.82, 2.24) is 24.0 Å². The van der Waals surface area contributed by atoms with Crippen molar-refractivity contribution in [2.24, 2.45) is 4.99 Å². The van der Waals surface area contributed by atoms with Crippen LogP contribution in [0.25, 0.3) is 0 Å². The van der Waals surface area contributed by atoms with Crippen molar-refractivity contribution in [2.45, 2.75) is 64.5 Å². The lowest BCUT2D eigenvalue weighted by Gasteiger charge is -2.23. The van der Waals surface area contributed by atoms with Gasteiger partial charge in [-0.05, 0) is 56.4 Å². The minimum absolute atomic E-state index is 0.0353. The van der Waals surface area contributed by atoms with Crippen molar-refractivity contribution < 1.29 is 14.0 Å². The first-order valence-electron chi connectivity index (χ1n) is 14.5. The SMILES string of the molecule is CCCn1c2c(c(=O)n(C3CC3)c1=O)CC(c1ccc(N(CCCN3CCCC3=O)C(=O)c3ccc(F)nc3)nc1)=N2. The van der Waals surface area contributed by atoms with Gasteiger partial charge in [-0.1, -0.05) is 6.92 Å². The van der Waals surface area contributed by atoms with Gasteiger partial charge in [-0.25, -0.2) is 19.8 Å².